The molecule has 0 bridgehead atoms. The van der Waals surface area contributed by atoms with E-state index in [4.69, 9.17) is 4.74 Å². The molecule has 0 aromatic carbocycles. The van der Waals surface area contributed by atoms with E-state index < -0.39 is 8.07 Å². The van der Waals surface area contributed by atoms with E-state index in [1.54, 1.807) is 6.07 Å². The van der Waals surface area contributed by atoms with Crippen LogP contribution >= 0.6 is 15.9 Å². The molecule has 6 heteroatoms. The molecule has 105 valence electrons. The quantitative estimate of drug-likeness (QED) is 0.598. The summed E-state index contributed by atoms with van der Waals surface area (Å²) in [5.74, 6) is -0.272. The van der Waals surface area contributed by atoms with Crippen molar-refractivity contribution in [1.82, 2.24) is 9.55 Å². The third-order valence-corrected chi connectivity index (χ3v) is 5.16. The van der Waals surface area contributed by atoms with Gasteiger partial charge in [-0.25, -0.2) is 9.37 Å². The van der Waals surface area contributed by atoms with Crippen LogP contribution in [-0.2, 0) is 11.5 Å². The maximum atomic E-state index is 13.8. The van der Waals surface area contributed by atoms with Gasteiger partial charge in [-0.15, -0.1) is 14.1 Å². The number of halogens is 2. The lowest BCUT2D eigenvalue weighted by atomic mass is 10.3. The average Bonchev–Trinajstić information content (AvgIpc) is 2.72. The van der Waals surface area contributed by atoms with E-state index in [9.17, 15) is 4.39 Å². The van der Waals surface area contributed by atoms with Gasteiger partial charge in [-0.1, -0.05) is 0 Å². The lowest BCUT2D eigenvalue weighted by Crippen LogP contribution is -2.22. The molecule has 19 heavy (non-hydrogen) atoms. The summed E-state index contributed by atoms with van der Waals surface area (Å²) in [5.41, 5.74) is 0.619. The van der Waals surface area contributed by atoms with Crippen LogP contribution in [0.25, 0.3) is 11.0 Å². The smallest absolute Gasteiger partial charge is 0.149 e. The molecule has 2 rings (SSSR count). The van der Waals surface area contributed by atoms with E-state index in [0.29, 0.717) is 22.2 Å². The number of aromatic nitrogens is 2. The van der Waals surface area contributed by atoms with Crippen molar-refractivity contribution in [2.75, 3.05) is 6.61 Å². The predicted molar refractivity (Wildman–Crippen MR) is 81.5 cm³/mol. The minimum atomic E-state index is -1.07. The molecule has 0 saturated heterocycles. The van der Waals surface area contributed by atoms with Gasteiger partial charge in [0.05, 0.1) is 9.86 Å². The number of pyridine rings is 1. The lowest BCUT2D eigenvalue weighted by molar-refractivity contribution is 0.0899. The summed E-state index contributed by atoms with van der Waals surface area (Å²) in [6.07, 6.45) is 3.29. The Morgan fingerprint density at radius 2 is 2.16 bits per heavy atom. The number of ether oxygens (including phenoxy) is 1. The first-order chi connectivity index (χ1) is 8.88. The van der Waals surface area contributed by atoms with Crippen molar-refractivity contribution in [3.05, 3.63) is 28.7 Å². The molecule has 2 heterocycles. The summed E-state index contributed by atoms with van der Waals surface area (Å²) >= 11 is 3.14. The fourth-order valence-corrected chi connectivity index (χ4v) is 2.80. The molecule has 2 aromatic heterocycles. The number of nitrogens with zero attached hydrogens (tertiary/aromatic N) is 2. The van der Waals surface area contributed by atoms with Crippen LogP contribution in [-0.4, -0.2) is 24.2 Å². The van der Waals surface area contributed by atoms with Gasteiger partial charge < -0.3 is 9.30 Å². The molecule has 0 aliphatic rings. The molecule has 0 aliphatic carbocycles. The van der Waals surface area contributed by atoms with E-state index in [1.807, 2.05) is 10.8 Å². The van der Waals surface area contributed by atoms with Gasteiger partial charge in [0.25, 0.3) is 0 Å². The molecule has 0 spiro atoms. The van der Waals surface area contributed by atoms with Crippen LogP contribution in [0.15, 0.2) is 22.9 Å². The normalized spacial score (nSPS) is 12.3. The van der Waals surface area contributed by atoms with Gasteiger partial charge in [0.2, 0.25) is 0 Å². The highest BCUT2D eigenvalue weighted by molar-refractivity contribution is 9.10. The molecular weight excluding hydrogens is 327 g/mol. The Bertz CT molecular complexity index is 580. The zero-order chi connectivity index (χ0) is 14.0. The average molecular weight is 345 g/mol. The topological polar surface area (TPSA) is 27.1 Å². The molecule has 3 nitrogen and oxygen atoms in total. The highest BCUT2D eigenvalue weighted by Gasteiger charge is 2.10. The monoisotopic (exact) mass is 344 g/mol. The van der Waals surface area contributed by atoms with Crippen LogP contribution in [0, 0.1) is 5.82 Å². The molecule has 0 N–H and O–H groups in total. The summed E-state index contributed by atoms with van der Waals surface area (Å²) in [6.45, 7) is 8.11. The first kappa shape index (κ1) is 14.7. The summed E-state index contributed by atoms with van der Waals surface area (Å²) in [6, 6.07) is 2.85. The Balaban J connectivity index is 2.04. The molecule has 0 radical (unpaired) electrons. The van der Waals surface area contributed by atoms with Crippen molar-refractivity contribution in [1.29, 1.82) is 0 Å². The fourth-order valence-electron chi connectivity index (χ4n) is 1.73. The molecule has 0 unspecified atom stereocenters. The Labute approximate surface area is 121 Å². The van der Waals surface area contributed by atoms with Crippen molar-refractivity contribution >= 4 is 35.0 Å². The van der Waals surface area contributed by atoms with Crippen LogP contribution in [0.2, 0.25) is 25.7 Å². The van der Waals surface area contributed by atoms with Gasteiger partial charge in [0, 0.05) is 19.0 Å². The molecule has 0 saturated carbocycles. The fraction of sp³-hybridized carbons (Fsp3) is 0.462. The van der Waals surface area contributed by atoms with Crippen molar-refractivity contribution in [2.45, 2.75) is 32.4 Å². The highest BCUT2D eigenvalue weighted by atomic mass is 79.9. The Morgan fingerprint density at radius 3 is 2.84 bits per heavy atom. The molecule has 0 fully saturated rings. The number of hydrogen-bond acceptors (Lipinski definition) is 2. The van der Waals surface area contributed by atoms with Crippen molar-refractivity contribution < 1.29 is 9.13 Å². The van der Waals surface area contributed by atoms with E-state index in [1.165, 1.54) is 6.20 Å². The van der Waals surface area contributed by atoms with Crippen LogP contribution in [0.1, 0.15) is 0 Å². The minimum Gasteiger partial charge on any atom is -0.364 e. The van der Waals surface area contributed by atoms with Crippen LogP contribution in [0.5, 0.6) is 0 Å². The summed E-state index contributed by atoms with van der Waals surface area (Å²) in [7, 11) is -1.07. The molecule has 0 atom stereocenters. The van der Waals surface area contributed by atoms with Gasteiger partial charge in [-0.3, -0.25) is 0 Å². The maximum absolute atomic E-state index is 13.8. The Kier molecular flexibility index (Phi) is 4.42. The minimum absolute atomic E-state index is 0.272. The van der Waals surface area contributed by atoms with E-state index in [-0.39, 0.29) is 5.82 Å². The molecule has 0 aliphatic heterocycles. The van der Waals surface area contributed by atoms with Crippen LogP contribution < -0.4 is 0 Å². The third-order valence-electron chi connectivity index (χ3n) is 2.91. The molecule has 0 amide bonds. The van der Waals surface area contributed by atoms with Crippen LogP contribution in [0.4, 0.5) is 4.39 Å². The summed E-state index contributed by atoms with van der Waals surface area (Å²) < 4.78 is 21.7. The second-order valence-electron chi connectivity index (χ2n) is 5.79. The standard InChI is InChI=1S/C13H18BrFN2OSi/c1-19(2,3)7-6-18-9-17-5-4-10-12(15)11(14)8-16-13(10)17/h4-5,8H,6-7,9H2,1-3H3/q-1. The first-order valence-corrected chi connectivity index (χ1v) is 10.7. The van der Waals surface area contributed by atoms with Gasteiger partial charge in [0.15, 0.2) is 0 Å². The number of rotatable bonds is 5. The second-order valence-corrected chi connectivity index (χ2v) is 12.3. The van der Waals surface area contributed by atoms with Gasteiger partial charge in [0.1, 0.15) is 18.2 Å². The zero-order valence-corrected chi connectivity index (χ0v) is 14.0. The largest absolute Gasteiger partial charge is 0.364 e. The van der Waals surface area contributed by atoms with Crippen LogP contribution in [0.3, 0.4) is 0 Å². The van der Waals surface area contributed by atoms with Gasteiger partial charge >= 0.3 is 0 Å². The van der Waals surface area contributed by atoms with Crippen molar-refractivity contribution in [3.8, 4) is 0 Å². The number of fused-ring (bicyclic) bond motifs is 1. The predicted octanol–water partition coefficient (Wildman–Crippen LogP) is 4.25. The maximum Gasteiger partial charge on any atom is 0.149 e. The lowest BCUT2D eigenvalue weighted by Gasteiger charge is -2.26. The van der Waals surface area contributed by atoms with Crippen molar-refractivity contribution in [2.24, 2.45) is 0 Å². The Hall–Kier alpha value is -0.723. The summed E-state index contributed by atoms with van der Waals surface area (Å²) in [4.78, 5) is 4.23. The summed E-state index contributed by atoms with van der Waals surface area (Å²) in [5, 5.41) is 0.517. The Morgan fingerprint density at radius 1 is 1.42 bits per heavy atom. The van der Waals surface area contributed by atoms with Gasteiger partial charge in [-0.2, -0.15) is 19.6 Å². The first-order valence-electron chi connectivity index (χ1n) is 6.25. The highest BCUT2D eigenvalue weighted by Crippen LogP contribution is 2.23. The SMILES string of the molecule is C[Si-](C)(C)CCOCn1ccc2c(F)c(Br)cnc21. The van der Waals surface area contributed by atoms with Gasteiger partial charge in [-0.05, 0) is 22.0 Å². The second kappa shape index (κ2) is 5.72. The van der Waals surface area contributed by atoms with Crippen molar-refractivity contribution in [3.63, 3.8) is 0 Å². The van der Waals surface area contributed by atoms with E-state index in [0.717, 1.165) is 12.7 Å². The van der Waals surface area contributed by atoms with E-state index >= 15 is 0 Å². The molecular formula is C13H18BrFN2OSi-. The molecule has 2 aromatic rings. The zero-order valence-electron chi connectivity index (χ0n) is 11.4. The number of hydrogen-bond donors (Lipinski definition) is 0. The third kappa shape index (κ3) is 3.64. The van der Waals surface area contributed by atoms with E-state index in [2.05, 4.69) is 40.6 Å².